The Hall–Kier alpha value is -1.32. The molecule has 4 heteroatoms. The van der Waals surface area contributed by atoms with Crippen LogP contribution in [0.4, 0.5) is 5.82 Å². The molecule has 2 saturated carbocycles. The third-order valence-electron chi connectivity index (χ3n) is 3.90. The van der Waals surface area contributed by atoms with Crippen molar-refractivity contribution in [3.05, 3.63) is 18.2 Å². The van der Waals surface area contributed by atoms with E-state index in [1.165, 1.54) is 12.8 Å². The zero-order chi connectivity index (χ0) is 11.7. The average Bonchev–Trinajstić information content (AvgIpc) is 2.85. The molecule has 1 aromatic rings. The van der Waals surface area contributed by atoms with E-state index in [1.54, 1.807) is 0 Å². The highest BCUT2D eigenvalue weighted by Gasteiger charge is 2.25. The molecule has 2 aliphatic rings. The summed E-state index contributed by atoms with van der Waals surface area (Å²) >= 11 is 0. The topological polar surface area (TPSA) is 57.8 Å². The zero-order valence-corrected chi connectivity index (χ0v) is 9.91. The van der Waals surface area contributed by atoms with Gasteiger partial charge in [0.1, 0.15) is 5.82 Å². The lowest BCUT2D eigenvalue weighted by Crippen LogP contribution is -2.20. The molecule has 4 nitrogen and oxygen atoms in total. The normalized spacial score (nSPS) is 21.4. The second-order valence-corrected chi connectivity index (χ2v) is 5.13. The standard InChI is InChI=1S/C13H18N3O/c17-13(10-4-1-2-5-10)14-12-8-11(15-16-12)9-6-3-7-9/h3,8-10H,1-2,4-7H2,(H2,14,15,16,17). The van der Waals surface area contributed by atoms with Crippen molar-refractivity contribution in [3.63, 3.8) is 0 Å². The predicted octanol–water partition coefficient (Wildman–Crippen LogP) is 2.62. The highest BCUT2D eigenvalue weighted by molar-refractivity contribution is 5.91. The first-order valence-electron chi connectivity index (χ1n) is 6.51. The highest BCUT2D eigenvalue weighted by atomic mass is 16.1. The Labute approximate surface area is 101 Å². The van der Waals surface area contributed by atoms with E-state index in [4.69, 9.17) is 0 Å². The summed E-state index contributed by atoms with van der Waals surface area (Å²) in [6, 6.07) is 1.98. The molecule has 3 rings (SSSR count). The van der Waals surface area contributed by atoms with Crippen LogP contribution in [0.2, 0.25) is 0 Å². The molecule has 1 radical (unpaired) electrons. The number of rotatable bonds is 3. The summed E-state index contributed by atoms with van der Waals surface area (Å²) in [6.07, 6.45) is 8.92. The molecule has 0 atom stereocenters. The Morgan fingerprint density at radius 1 is 1.35 bits per heavy atom. The van der Waals surface area contributed by atoms with E-state index in [0.29, 0.717) is 5.92 Å². The second kappa shape index (κ2) is 4.51. The molecule has 1 aromatic heterocycles. The predicted molar refractivity (Wildman–Crippen MR) is 65.5 cm³/mol. The molecule has 2 N–H and O–H groups in total. The van der Waals surface area contributed by atoms with E-state index < -0.39 is 0 Å². The van der Waals surface area contributed by atoms with Crippen LogP contribution in [-0.4, -0.2) is 16.1 Å². The lowest BCUT2D eigenvalue weighted by Gasteiger charge is -2.22. The molecule has 0 bridgehead atoms. The van der Waals surface area contributed by atoms with Crippen LogP contribution in [0.15, 0.2) is 6.07 Å². The van der Waals surface area contributed by atoms with Crippen LogP contribution in [0.1, 0.15) is 50.1 Å². The molecule has 0 unspecified atom stereocenters. The van der Waals surface area contributed by atoms with Crippen LogP contribution in [0.3, 0.4) is 0 Å². The van der Waals surface area contributed by atoms with E-state index >= 15 is 0 Å². The van der Waals surface area contributed by atoms with Crippen molar-refractivity contribution in [2.75, 3.05) is 5.32 Å². The number of hydrogen-bond donors (Lipinski definition) is 2. The van der Waals surface area contributed by atoms with Crippen LogP contribution >= 0.6 is 0 Å². The summed E-state index contributed by atoms with van der Waals surface area (Å²) in [7, 11) is 0. The van der Waals surface area contributed by atoms with Gasteiger partial charge in [0.05, 0.1) is 5.69 Å². The van der Waals surface area contributed by atoms with Crippen LogP contribution in [0, 0.1) is 12.3 Å². The molecule has 0 spiro atoms. The van der Waals surface area contributed by atoms with Crippen LogP contribution in [0.25, 0.3) is 0 Å². The van der Waals surface area contributed by atoms with Gasteiger partial charge < -0.3 is 5.32 Å². The van der Waals surface area contributed by atoms with Gasteiger partial charge in [-0.15, -0.1) is 0 Å². The van der Waals surface area contributed by atoms with E-state index in [0.717, 1.165) is 37.2 Å². The van der Waals surface area contributed by atoms with Crippen molar-refractivity contribution in [1.29, 1.82) is 0 Å². The minimum atomic E-state index is 0.151. The lowest BCUT2D eigenvalue weighted by atomic mass is 9.83. The maximum Gasteiger partial charge on any atom is 0.228 e. The van der Waals surface area contributed by atoms with Gasteiger partial charge in [0.25, 0.3) is 0 Å². The van der Waals surface area contributed by atoms with Crippen molar-refractivity contribution in [1.82, 2.24) is 10.2 Å². The molecule has 91 valence electrons. The summed E-state index contributed by atoms with van der Waals surface area (Å²) in [6.45, 7) is 0. The molecule has 0 saturated heterocycles. The van der Waals surface area contributed by atoms with Crippen LogP contribution in [-0.2, 0) is 4.79 Å². The van der Waals surface area contributed by atoms with E-state index in [-0.39, 0.29) is 11.8 Å². The summed E-state index contributed by atoms with van der Waals surface area (Å²) < 4.78 is 0. The Bertz CT molecular complexity index is 403. The number of H-pyrrole nitrogens is 1. The zero-order valence-electron chi connectivity index (χ0n) is 9.91. The third kappa shape index (κ3) is 2.21. The van der Waals surface area contributed by atoms with Gasteiger partial charge in [0.2, 0.25) is 5.91 Å². The summed E-state index contributed by atoms with van der Waals surface area (Å²) in [5.74, 6) is 1.67. The van der Waals surface area contributed by atoms with E-state index in [9.17, 15) is 4.79 Å². The molecule has 2 fully saturated rings. The van der Waals surface area contributed by atoms with Crippen molar-refractivity contribution in [2.24, 2.45) is 5.92 Å². The van der Waals surface area contributed by atoms with Crippen molar-refractivity contribution >= 4 is 11.7 Å². The fraction of sp³-hybridized carbons (Fsp3) is 0.615. The second-order valence-electron chi connectivity index (χ2n) is 5.13. The monoisotopic (exact) mass is 232 g/mol. The summed E-state index contributed by atoms with van der Waals surface area (Å²) in [5, 5.41) is 10.1. The average molecular weight is 232 g/mol. The van der Waals surface area contributed by atoms with Crippen molar-refractivity contribution in [2.45, 2.75) is 44.4 Å². The first-order chi connectivity index (χ1) is 8.33. The van der Waals surface area contributed by atoms with Gasteiger partial charge in [-0.25, -0.2) is 0 Å². The number of carbonyl (C=O) groups excluding carboxylic acids is 1. The molecular weight excluding hydrogens is 214 g/mol. The first kappa shape index (κ1) is 10.8. The SMILES string of the molecule is O=C(Nc1cc(C2C[CH]C2)n[nH]1)C1CCCC1. The van der Waals surface area contributed by atoms with Gasteiger partial charge in [-0.3, -0.25) is 9.89 Å². The molecule has 2 aliphatic carbocycles. The smallest absolute Gasteiger partial charge is 0.228 e. The minimum absolute atomic E-state index is 0.151. The van der Waals surface area contributed by atoms with E-state index in [2.05, 4.69) is 21.9 Å². The minimum Gasteiger partial charge on any atom is -0.311 e. The third-order valence-corrected chi connectivity index (χ3v) is 3.90. The number of nitrogens with zero attached hydrogens (tertiary/aromatic N) is 1. The number of nitrogens with one attached hydrogen (secondary N) is 2. The van der Waals surface area contributed by atoms with Gasteiger partial charge >= 0.3 is 0 Å². The molecule has 0 aromatic carbocycles. The molecular formula is C13H18N3O. The fourth-order valence-electron chi connectivity index (χ4n) is 2.61. The number of anilines is 1. The van der Waals surface area contributed by atoms with Crippen LogP contribution in [0.5, 0.6) is 0 Å². The molecule has 1 amide bonds. The van der Waals surface area contributed by atoms with Crippen molar-refractivity contribution in [3.8, 4) is 0 Å². The highest BCUT2D eigenvalue weighted by Crippen LogP contribution is 2.35. The maximum absolute atomic E-state index is 11.9. The largest absolute Gasteiger partial charge is 0.311 e. The summed E-state index contributed by atoms with van der Waals surface area (Å²) in [4.78, 5) is 11.9. The first-order valence-corrected chi connectivity index (χ1v) is 6.51. The number of aromatic nitrogens is 2. The molecule has 1 heterocycles. The van der Waals surface area contributed by atoms with Gasteiger partial charge in [0, 0.05) is 17.9 Å². The van der Waals surface area contributed by atoms with Gasteiger partial charge in [-0.1, -0.05) is 12.8 Å². The Morgan fingerprint density at radius 3 is 2.76 bits per heavy atom. The summed E-state index contributed by atoms with van der Waals surface area (Å²) in [5.41, 5.74) is 1.08. The molecule has 17 heavy (non-hydrogen) atoms. The quantitative estimate of drug-likeness (QED) is 0.841. The maximum atomic E-state index is 11.9. The van der Waals surface area contributed by atoms with Crippen LogP contribution < -0.4 is 5.32 Å². The number of aromatic amines is 1. The number of amides is 1. The molecule has 0 aliphatic heterocycles. The van der Waals surface area contributed by atoms with Gasteiger partial charge in [-0.05, 0) is 32.1 Å². The van der Waals surface area contributed by atoms with Gasteiger partial charge in [-0.2, -0.15) is 5.10 Å². The van der Waals surface area contributed by atoms with Crippen molar-refractivity contribution < 1.29 is 4.79 Å². The number of hydrogen-bond acceptors (Lipinski definition) is 2. The van der Waals surface area contributed by atoms with E-state index in [1.807, 2.05) is 6.07 Å². The number of carbonyl (C=O) groups is 1. The fourth-order valence-corrected chi connectivity index (χ4v) is 2.61. The lowest BCUT2D eigenvalue weighted by molar-refractivity contribution is -0.119. The van der Waals surface area contributed by atoms with Gasteiger partial charge in [0.15, 0.2) is 0 Å². The Balaban J connectivity index is 1.60. The Morgan fingerprint density at radius 2 is 2.12 bits per heavy atom. The Kier molecular flexibility index (Phi) is 2.87.